The second-order valence-corrected chi connectivity index (χ2v) is 7.86. The van der Waals surface area contributed by atoms with Crippen LogP contribution in [0.2, 0.25) is 0 Å². The van der Waals surface area contributed by atoms with E-state index in [4.69, 9.17) is 4.42 Å². The second kappa shape index (κ2) is 7.72. The normalized spacial score (nSPS) is 11.4. The first-order chi connectivity index (χ1) is 13.9. The summed E-state index contributed by atoms with van der Waals surface area (Å²) in [7, 11) is 0. The van der Waals surface area contributed by atoms with Crippen LogP contribution in [-0.2, 0) is 0 Å². The minimum absolute atomic E-state index is 0.223. The summed E-state index contributed by atoms with van der Waals surface area (Å²) in [6.45, 7) is 6.19. The number of hydrogen-bond acceptors (Lipinski definition) is 3. The first kappa shape index (κ1) is 19.2. The molecule has 0 spiro atoms. The molecule has 146 valence electrons. The number of carbonyl (C=O) groups excluding carboxylic acids is 1. The largest absolute Gasteiger partial charge is 0.451 e. The van der Waals surface area contributed by atoms with Gasteiger partial charge in [0, 0.05) is 32.5 Å². The molecule has 1 N–H and O–H groups in total. The Hall–Kier alpha value is -3.12. The van der Waals surface area contributed by atoms with E-state index in [0.29, 0.717) is 5.58 Å². The number of amides is 1. The van der Waals surface area contributed by atoms with E-state index >= 15 is 0 Å². The zero-order valence-corrected chi connectivity index (χ0v) is 17.9. The molecule has 4 aromatic rings. The van der Waals surface area contributed by atoms with E-state index in [1.54, 1.807) is 12.3 Å². The highest BCUT2D eigenvalue weighted by atomic mass is 79.9. The van der Waals surface area contributed by atoms with Crippen LogP contribution < -0.4 is 5.43 Å². The summed E-state index contributed by atoms with van der Waals surface area (Å²) in [4.78, 5) is 12.4. The van der Waals surface area contributed by atoms with Crippen molar-refractivity contribution >= 4 is 39.0 Å². The lowest BCUT2D eigenvalue weighted by Gasteiger charge is -2.12. The van der Waals surface area contributed by atoms with Crippen molar-refractivity contribution < 1.29 is 9.21 Å². The number of hydrogen-bond donors (Lipinski definition) is 1. The molecule has 5 nitrogen and oxygen atoms in total. The number of benzene rings is 2. The fourth-order valence-corrected chi connectivity index (χ4v) is 3.82. The maximum absolute atomic E-state index is 12.4. The van der Waals surface area contributed by atoms with Gasteiger partial charge >= 0.3 is 5.91 Å². The molecule has 2 aromatic heterocycles. The summed E-state index contributed by atoms with van der Waals surface area (Å²) in [5.74, 6) is -0.165. The van der Waals surface area contributed by atoms with Crippen LogP contribution in [0.4, 0.5) is 0 Å². The van der Waals surface area contributed by atoms with Gasteiger partial charge in [0.25, 0.3) is 0 Å². The Labute approximate surface area is 177 Å². The molecule has 29 heavy (non-hydrogen) atoms. The maximum Gasteiger partial charge on any atom is 0.307 e. The Balaban J connectivity index is 1.54. The van der Waals surface area contributed by atoms with Gasteiger partial charge in [-0.25, -0.2) is 5.43 Å². The molecule has 0 fully saturated rings. The summed E-state index contributed by atoms with van der Waals surface area (Å²) in [6.07, 6.45) is 1.66. The van der Waals surface area contributed by atoms with E-state index in [-0.39, 0.29) is 11.7 Å². The van der Waals surface area contributed by atoms with Gasteiger partial charge in [0.05, 0.1) is 6.21 Å². The Morgan fingerprint density at radius 2 is 1.90 bits per heavy atom. The molecule has 0 aliphatic rings. The van der Waals surface area contributed by atoms with E-state index in [2.05, 4.69) is 63.1 Å². The molecular formula is C23H20BrN3O2. The van der Waals surface area contributed by atoms with Crippen LogP contribution in [0.15, 0.2) is 68.6 Å². The van der Waals surface area contributed by atoms with Gasteiger partial charge in [-0.15, -0.1) is 0 Å². The van der Waals surface area contributed by atoms with E-state index in [0.717, 1.165) is 32.5 Å². The molecule has 4 rings (SSSR count). The molecule has 6 heteroatoms. The molecule has 0 bridgehead atoms. The van der Waals surface area contributed by atoms with Crippen molar-refractivity contribution in [2.24, 2.45) is 5.10 Å². The lowest BCUT2D eigenvalue weighted by Crippen LogP contribution is -2.16. The molecule has 1 amide bonds. The highest BCUT2D eigenvalue weighted by Crippen LogP contribution is 2.24. The molecule has 0 saturated carbocycles. The Kier molecular flexibility index (Phi) is 5.11. The summed E-state index contributed by atoms with van der Waals surface area (Å²) >= 11 is 3.41. The Bertz CT molecular complexity index is 1250. The first-order valence-electron chi connectivity index (χ1n) is 9.21. The minimum Gasteiger partial charge on any atom is -0.451 e. The van der Waals surface area contributed by atoms with Gasteiger partial charge in [-0.05, 0) is 62.7 Å². The number of nitrogens with zero attached hydrogens (tertiary/aromatic N) is 2. The third-order valence-corrected chi connectivity index (χ3v) is 5.39. The number of aryl methyl sites for hydroxylation is 2. The summed E-state index contributed by atoms with van der Waals surface area (Å²) in [6, 6.07) is 17.6. The van der Waals surface area contributed by atoms with Crippen LogP contribution in [-0.4, -0.2) is 16.7 Å². The van der Waals surface area contributed by atoms with Gasteiger partial charge in [0.15, 0.2) is 5.76 Å². The summed E-state index contributed by atoms with van der Waals surface area (Å²) < 4.78 is 8.72. The van der Waals surface area contributed by atoms with Gasteiger partial charge < -0.3 is 8.98 Å². The fourth-order valence-electron chi connectivity index (χ4n) is 3.44. The molecule has 0 radical (unpaired) electrons. The Morgan fingerprint density at radius 1 is 1.10 bits per heavy atom. The molecule has 0 aliphatic carbocycles. The second-order valence-electron chi connectivity index (χ2n) is 6.94. The van der Waals surface area contributed by atoms with E-state index in [1.807, 2.05) is 37.3 Å². The average molecular weight is 450 g/mol. The number of para-hydroxylation sites is 1. The SMILES string of the molecule is Cc1ccccc1-n1c(C)cc(/C=N/NC(=O)c2cc3cc(Br)ccc3o2)c1C. The average Bonchev–Trinajstić information content (AvgIpc) is 3.23. The fraction of sp³-hybridized carbons (Fsp3) is 0.130. The third-order valence-electron chi connectivity index (χ3n) is 4.90. The number of furan rings is 1. The third kappa shape index (κ3) is 3.76. The zero-order valence-electron chi connectivity index (χ0n) is 16.4. The monoisotopic (exact) mass is 449 g/mol. The highest BCUT2D eigenvalue weighted by Gasteiger charge is 2.13. The van der Waals surface area contributed by atoms with E-state index in [1.165, 1.54) is 5.56 Å². The first-order valence-corrected chi connectivity index (χ1v) is 10.0. The number of nitrogens with one attached hydrogen (secondary N) is 1. The topological polar surface area (TPSA) is 59.5 Å². The zero-order chi connectivity index (χ0) is 20.5. The van der Waals surface area contributed by atoms with Crippen molar-refractivity contribution in [2.75, 3.05) is 0 Å². The van der Waals surface area contributed by atoms with Gasteiger partial charge in [0.2, 0.25) is 0 Å². The van der Waals surface area contributed by atoms with Crippen molar-refractivity contribution in [1.29, 1.82) is 0 Å². The van der Waals surface area contributed by atoms with Crippen LogP contribution >= 0.6 is 15.9 Å². The maximum atomic E-state index is 12.4. The molecule has 0 atom stereocenters. The van der Waals surface area contributed by atoms with Crippen LogP contribution in [0.3, 0.4) is 0 Å². The van der Waals surface area contributed by atoms with Gasteiger partial charge in [-0.2, -0.15) is 5.10 Å². The molecule has 0 unspecified atom stereocenters. The lowest BCUT2D eigenvalue weighted by atomic mass is 10.2. The number of fused-ring (bicyclic) bond motifs is 1. The quantitative estimate of drug-likeness (QED) is 0.322. The number of rotatable bonds is 4. The van der Waals surface area contributed by atoms with Crippen molar-refractivity contribution in [2.45, 2.75) is 20.8 Å². The van der Waals surface area contributed by atoms with Crippen molar-refractivity contribution in [3.63, 3.8) is 0 Å². The van der Waals surface area contributed by atoms with Gasteiger partial charge in [-0.3, -0.25) is 4.79 Å². The van der Waals surface area contributed by atoms with Gasteiger partial charge in [0.1, 0.15) is 5.58 Å². The molecule has 2 heterocycles. The molecule has 0 aliphatic heterocycles. The van der Waals surface area contributed by atoms with E-state index in [9.17, 15) is 4.79 Å². The van der Waals surface area contributed by atoms with Crippen LogP contribution in [0.5, 0.6) is 0 Å². The number of halogens is 1. The van der Waals surface area contributed by atoms with Gasteiger partial charge in [-0.1, -0.05) is 34.1 Å². The highest BCUT2D eigenvalue weighted by molar-refractivity contribution is 9.10. The number of aromatic nitrogens is 1. The summed E-state index contributed by atoms with van der Waals surface area (Å²) in [5, 5.41) is 4.99. The van der Waals surface area contributed by atoms with Crippen molar-refractivity contribution in [3.05, 3.63) is 87.3 Å². The predicted octanol–water partition coefficient (Wildman–Crippen LogP) is 5.68. The lowest BCUT2D eigenvalue weighted by molar-refractivity contribution is 0.0929. The smallest absolute Gasteiger partial charge is 0.307 e. The minimum atomic E-state index is -0.388. The Morgan fingerprint density at radius 3 is 2.69 bits per heavy atom. The number of hydrazone groups is 1. The molecular weight excluding hydrogens is 430 g/mol. The van der Waals surface area contributed by atoms with Crippen LogP contribution in [0, 0.1) is 20.8 Å². The van der Waals surface area contributed by atoms with Crippen LogP contribution in [0.25, 0.3) is 16.7 Å². The van der Waals surface area contributed by atoms with Crippen LogP contribution in [0.1, 0.15) is 33.1 Å². The standard InChI is InChI=1S/C23H20BrN3O2/c1-14-6-4-5-7-20(14)27-15(2)10-18(16(27)3)13-25-26-23(28)22-12-17-11-19(24)8-9-21(17)29-22/h4-13H,1-3H3,(H,26,28)/b25-13+. The molecule has 2 aromatic carbocycles. The predicted molar refractivity (Wildman–Crippen MR) is 119 cm³/mol. The summed E-state index contributed by atoms with van der Waals surface area (Å²) in [5.41, 5.74) is 8.64. The number of carbonyl (C=O) groups is 1. The van der Waals surface area contributed by atoms with Crippen molar-refractivity contribution in [3.8, 4) is 5.69 Å². The van der Waals surface area contributed by atoms with E-state index < -0.39 is 0 Å². The molecule has 0 saturated heterocycles. The van der Waals surface area contributed by atoms with Crippen molar-refractivity contribution in [1.82, 2.24) is 9.99 Å².